The summed E-state index contributed by atoms with van der Waals surface area (Å²) in [6.45, 7) is 4.75. The molecule has 0 radical (unpaired) electrons. The van der Waals surface area contributed by atoms with E-state index in [9.17, 15) is 0 Å². The number of aromatic nitrogens is 2. The Hall–Kier alpha value is -1.16. The standard InChI is InChI=1S/C9H15N3O/c1-9(2,13-3)6-11-8-4-5-10-7-12-8/h4-5,7H,6H2,1-3H3,(H,10,11,12). The van der Waals surface area contributed by atoms with Crippen LogP contribution in [-0.2, 0) is 4.74 Å². The molecule has 0 saturated carbocycles. The number of nitrogens with zero attached hydrogens (tertiary/aromatic N) is 2. The quantitative estimate of drug-likeness (QED) is 0.760. The minimum atomic E-state index is -0.176. The maximum Gasteiger partial charge on any atom is 0.129 e. The molecule has 0 aliphatic carbocycles. The summed E-state index contributed by atoms with van der Waals surface area (Å²) in [5, 5.41) is 3.16. The van der Waals surface area contributed by atoms with E-state index >= 15 is 0 Å². The monoisotopic (exact) mass is 181 g/mol. The zero-order valence-electron chi connectivity index (χ0n) is 8.24. The number of methoxy groups -OCH3 is 1. The third kappa shape index (κ3) is 3.38. The van der Waals surface area contributed by atoms with Crippen LogP contribution in [0.3, 0.4) is 0 Å². The summed E-state index contributed by atoms with van der Waals surface area (Å²) >= 11 is 0. The third-order valence-electron chi connectivity index (χ3n) is 1.83. The van der Waals surface area contributed by atoms with Gasteiger partial charge in [-0.3, -0.25) is 0 Å². The minimum Gasteiger partial charge on any atom is -0.377 e. The molecule has 1 N–H and O–H groups in total. The fourth-order valence-electron chi connectivity index (χ4n) is 0.771. The summed E-state index contributed by atoms with van der Waals surface area (Å²) in [5.41, 5.74) is -0.176. The van der Waals surface area contributed by atoms with E-state index in [4.69, 9.17) is 4.74 Å². The number of hydrogen-bond acceptors (Lipinski definition) is 4. The van der Waals surface area contributed by atoms with Crippen molar-refractivity contribution in [1.29, 1.82) is 0 Å². The highest BCUT2D eigenvalue weighted by molar-refractivity contribution is 5.31. The zero-order chi connectivity index (χ0) is 9.73. The van der Waals surface area contributed by atoms with E-state index in [1.165, 1.54) is 6.33 Å². The van der Waals surface area contributed by atoms with Gasteiger partial charge in [-0.05, 0) is 19.9 Å². The molecular formula is C9H15N3O. The topological polar surface area (TPSA) is 47.0 Å². The third-order valence-corrected chi connectivity index (χ3v) is 1.83. The zero-order valence-corrected chi connectivity index (χ0v) is 8.24. The van der Waals surface area contributed by atoms with E-state index < -0.39 is 0 Å². The van der Waals surface area contributed by atoms with Gasteiger partial charge in [0.1, 0.15) is 12.1 Å². The molecule has 1 rings (SSSR count). The summed E-state index contributed by atoms with van der Waals surface area (Å²) in [4.78, 5) is 7.87. The summed E-state index contributed by atoms with van der Waals surface area (Å²) in [6, 6.07) is 1.83. The lowest BCUT2D eigenvalue weighted by molar-refractivity contribution is 0.0343. The van der Waals surface area contributed by atoms with Crippen LogP contribution in [-0.4, -0.2) is 29.2 Å². The van der Waals surface area contributed by atoms with Crippen molar-refractivity contribution in [2.75, 3.05) is 19.0 Å². The molecule has 72 valence electrons. The first-order valence-corrected chi connectivity index (χ1v) is 4.19. The molecule has 1 heterocycles. The average Bonchev–Trinajstić information content (AvgIpc) is 2.17. The van der Waals surface area contributed by atoms with Crippen molar-refractivity contribution < 1.29 is 4.74 Å². The SMILES string of the molecule is COC(C)(C)CNc1ccncn1. The van der Waals surface area contributed by atoms with E-state index in [-0.39, 0.29) is 5.60 Å². The Bertz CT molecular complexity index is 248. The first-order chi connectivity index (χ1) is 6.14. The van der Waals surface area contributed by atoms with Gasteiger partial charge in [0.05, 0.1) is 5.60 Å². The number of nitrogens with one attached hydrogen (secondary N) is 1. The fraction of sp³-hybridized carbons (Fsp3) is 0.556. The Labute approximate surface area is 78.4 Å². The van der Waals surface area contributed by atoms with Gasteiger partial charge in [-0.1, -0.05) is 0 Å². The Morgan fingerprint density at radius 2 is 2.31 bits per heavy atom. The van der Waals surface area contributed by atoms with Crippen molar-refractivity contribution in [2.24, 2.45) is 0 Å². The molecule has 0 saturated heterocycles. The largest absolute Gasteiger partial charge is 0.377 e. The minimum absolute atomic E-state index is 0.176. The summed E-state index contributed by atoms with van der Waals surface area (Å²) < 4.78 is 5.25. The van der Waals surface area contributed by atoms with Crippen molar-refractivity contribution in [3.8, 4) is 0 Å². The lowest BCUT2D eigenvalue weighted by atomic mass is 10.1. The maximum absolute atomic E-state index is 5.25. The van der Waals surface area contributed by atoms with Crippen LogP contribution < -0.4 is 5.32 Å². The molecule has 0 atom stereocenters. The summed E-state index contributed by atoms with van der Waals surface area (Å²) in [6.07, 6.45) is 3.22. The summed E-state index contributed by atoms with van der Waals surface area (Å²) in [7, 11) is 1.70. The van der Waals surface area contributed by atoms with E-state index in [0.29, 0.717) is 0 Å². The first kappa shape index (κ1) is 9.92. The van der Waals surface area contributed by atoms with Crippen LogP contribution in [0.4, 0.5) is 5.82 Å². The second-order valence-electron chi connectivity index (χ2n) is 3.41. The molecule has 1 aromatic rings. The molecule has 0 aliphatic rings. The molecule has 1 aromatic heterocycles. The lowest BCUT2D eigenvalue weighted by Gasteiger charge is -2.23. The van der Waals surface area contributed by atoms with Crippen molar-refractivity contribution >= 4 is 5.82 Å². The van der Waals surface area contributed by atoms with Gasteiger partial charge in [-0.25, -0.2) is 9.97 Å². The van der Waals surface area contributed by atoms with Crippen molar-refractivity contribution in [1.82, 2.24) is 9.97 Å². The molecule has 0 aromatic carbocycles. The Kier molecular flexibility index (Phi) is 3.19. The highest BCUT2D eigenvalue weighted by Gasteiger charge is 2.15. The van der Waals surface area contributed by atoms with Gasteiger partial charge >= 0.3 is 0 Å². The molecule has 4 nitrogen and oxygen atoms in total. The van der Waals surface area contributed by atoms with E-state index in [2.05, 4.69) is 15.3 Å². The predicted molar refractivity (Wildman–Crippen MR) is 51.6 cm³/mol. The van der Waals surface area contributed by atoms with Gasteiger partial charge in [0.2, 0.25) is 0 Å². The van der Waals surface area contributed by atoms with Gasteiger partial charge in [0.25, 0.3) is 0 Å². The molecular weight excluding hydrogens is 166 g/mol. The molecule has 13 heavy (non-hydrogen) atoms. The Morgan fingerprint density at radius 3 is 2.85 bits per heavy atom. The van der Waals surface area contributed by atoms with Crippen LogP contribution in [0.5, 0.6) is 0 Å². The van der Waals surface area contributed by atoms with Gasteiger partial charge in [0.15, 0.2) is 0 Å². The van der Waals surface area contributed by atoms with E-state index in [1.807, 2.05) is 19.9 Å². The Morgan fingerprint density at radius 1 is 1.54 bits per heavy atom. The number of hydrogen-bond donors (Lipinski definition) is 1. The smallest absolute Gasteiger partial charge is 0.129 e. The van der Waals surface area contributed by atoms with Crippen LogP contribution >= 0.6 is 0 Å². The molecule has 0 fully saturated rings. The highest BCUT2D eigenvalue weighted by atomic mass is 16.5. The molecule has 0 amide bonds. The number of rotatable bonds is 4. The molecule has 4 heteroatoms. The van der Waals surface area contributed by atoms with Crippen LogP contribution in [0.1, 0.15) is 13.8 Å². The Balaban J connectivity index is 2.44. The van der Waals surface area contributed by atoms with Gasteiger partial charge in [-0.15, -0.1) is 0 Å². The molecule has 0 unspecified atom stereocenters. The molecule has 0 bridgehead atoms. The van der Waals surface area contributed by atoms with Gasteiger partial charge in [0, 0.05) is 19.9 Å². The van der Waals surface area contributed by atoms with Crippen LogP contribution in [0.15, 0.2) is 18.6 Å². The lowest BCUT2D eigenvalue weighted by Crippen LogP contribution is -2.32. The van der Waals surface area contributed by atoms with Crippen molar-refractivity contribution in [3.05, 3.63) is 18.6 Å². The maximum atomic E-state index is 5.25. The average molecular weight is 181 g/mol. The van der Waals surface area contributed by atoms with Crippen LogP contribution in [0, 0.1) is 0 Å². The second kappa shape index (κ2) is 4.18. The van der Waals surface area contributed by atoms with Gasteiger partial charge < -0.3 is 10.1 Å². The number of ether oxygens (including phenoxy) is 1. The van der Waals surface area contributed by atoms with Crippen molar-refractivity contribution in [2.45, 2.75) is 19.4 Å². The second-order valence-corrected chi connectivity index (χ2v) is 3.41. The normalized spacial score (nSPS) is 11.3. The predicted octanol–water partition coefficient (Wildman–Crippen LogP) is 1.31. The van der Waals surface area contributed by atoms with Gasteiger partial charge in [-0.2, -0.15) is 0 Å². The fourth-order valence-corrected chi connectivity index (χ4v) is 0.771. The number of anilines is 1. The summed E-state index contributed by atoms with van der Waals surface area (Å²) in [5.74, 6) is 0.820. The van der Waals surface area contributed by atoms with Crippen LogP contribution in [0.25, 0.3) is 0 Å². The van der Waals surface area contributed by atoms with E-state index in [1.54, 1.807) is 13.3 Å². The van der Waals surface area contributed by atoms with Crippen LogP contribution in [0.2, 0.25) is 0 Å². The van der Waals surface area contributed by atoms with E-state index in [0.717, 1.165) is 12.4 Å². The first-order valence-electron chi connectivity index (χ1n) is 4.19. The highest BCUT2D eigenvalue weighted by Crippen LogP contribution is 2.08. The molecule has 0 aliphatic heterocycles. The van der Waals surface area contributed by atoms with Crippen molar-refractivity contribution in [3.63, 3.8) is 0 Å². The molecule has 0 spiro atoms.